The molecule has 1 unspecified atom stereocenters. The average Bonchev–Trinajstić information content (AvgIpc) is 2.46. The molecule has 1 heterocycles. The zero-order valence-electron chi connectivity index (χ0n) is 11.9. The average molecular weight is 293 g/mol. The van der Waals surface area contributed by atoms with Crippen molar-refractivity contribution in [3.8, 4) is 5.75 Å². The van der Waals surface area contributed by atoms with Crippen LogP contribution in [0.25, 0.3) is 0 Å². The van der Waals surface area contributed by atoms with E-state index in [9.17, 15) is 8.78 Å². The third kappa shape index (κ3) is 4.46. The predicted molar refractivity (Wildman–Crippen MR) is 75.1 cm³/mol. The van der Waals surface area contributed by atoms with Gasteiger partial charge in [0.05, 0.1) is 11.4 Å². The molecule has 0 saturated carbocycles. The second kappa shape index (κ2) is 7.08. The topological polar surface area (TPSA) is 47.0 Å². The minimum atomic E-state index is -2.80. The number of rotatable bonds is 6. The van der Waals surface area contributed by atoms with Crippen LogP contribution in [-0.4, -0.2) is 16.6 Å². The number of nitrogens with one attached hydrogen (secondary N) is 1. The van der Waals surface area contributed by atoms with Crippen LogP contribution in [0, 0.1) is 6.92 Å². The summed E-state index contributed by atoms with van der Waals surface area (Å²) in [6, 6.07) is 6.61. The van der Waals surface area contributed by atoms with Crippen molar-refractivity contribution in [2.24, 2.45) is 0 Å². The quantitative estimate of drug-likeness (QED) is 0.888. The predicted octanol–water partition coefficient (Wildman–Crippen LogP) is 3.24. The third-order valence-electron chi connectivity index (χ3n) is 3.09. The Morgan fingerprint density at radius 3 is 2.43 bits per heavy atom. The number of halogens is 2. The molecule has 1 aromatic heterocycles. The Kier molecular flexibility index (Phi) is 5.16. The van der Waals surface area contributed by atoms with Crippen molar-refractivity contribution in [2.45, 2.75) is 33.0 Å². The number of hydrogen-bond donors (Lipinski definition) is 1. The minimum Gasteiger partial charge on any atom is -0.435 e. The summed E-state index contributed by atoms with van der Waals surface area (Å²) in [5, 5.41) is 3.32. The van der Waals surface area contributed by atoms with Gasteiger partial charge in [0.25, 0.3) is 0 Å². The maximum absolute atomic E-state index is 12.1. The van der Waals surface area contributed by atoms with Gasteiger partial charge in [-0.25, -0.2) is 0 Å². The van der Waals surface area contributed by atoms with E-state index in [1.54, 1.807) is 24.5 Å². The van der Waals surface area contributed by atoms with Crippen LogP contribution in [-0.2, 0) is 6.54 Å². The summed E-state index contributed by atoms with van der Waals surface area (Å²) in [7, 11) is 0. The Bertz CT molecular complexity index is 575. The number of nitrogens with zero attached hydrogens (tertiary/aromatic N) is 2. The molecule has 0 fully saturated rings. The molecular weight excluding hydrogens is 276 g/mol. The molecule has 1 N–H and O–H groups in total. The highest BCUT2D eigenvalue weighted by molar-refractivity contribution is 5.27. The summed E-state index contributed by atoms with van der Waals surface area (Å²) in [5.74, 6) is 0.159. The van der Waals surface area contributed by atoms with Crippen LogP contribution < -0.4 is 10.1 Å². The second-order valence-electron chi connectivity index (χ2n) is 4.65. The van der Waals surface area contributed by atoms with Crippen molar-refractivity contribution < 1.29 is 13.5 Å². The minimum absolute atomic E-state index is 0.0516. The summed E-state index contributed by atoms with van der Waals surface area (Å²) >= 11 is 0. The maximum atomic E-state index is 12.1. The molecule has 0 bridgehead atoms. The van der Waals surface area contributed by atoms with E-state index in [4.69, 9.17) is 0 Å². The van der Waals surface area contributed by atoms with Crippen LogP contribution in [0.3, 0.4) is 0 Å². The van der Waals surface area contributed by atoms with E-state index >= 15 is 0 Å². The Balaban J connectivity index is 1.92. The van der Waals surface area contributed by atoms with Gasteiger partial charge in [-0.3, -0.25) is 9.97 Å². The number of benzene rings is 1. The van der Waals surface area contributed by atoms with Crippen LogP contribution >= 0.6 is 0 Å². The highest BCUT2D eigenvalue weighted by atomic mass is 19.3. The van der Waals surface area contributed by atoms with Gasteiger partial charge < -0.3 is 10.1 Å². The van der Waals surface area contributed by atoms with Crippen LogP contribution in [0.5, 0.6) is 5.75 Å². The molecule has 2 rings (SSSR count). The summed E-state index contributed by atoms with van der Waals surface area (Å²) in [4.78, 5) is 8.51. The fraction of sp³-hybridized carbons (Fsp3) is 0.333. The van der Waals surface area contributed by atoms with Crippen molar-refractivity contribution in [1.82, 2.24) is 15.3 Å². The van der Waals surface area contributed by atoms with E-state index in [-0.39, 0.29) is 11.8 Å². The molecule has 0 aliphatic heterocycles. The lowest BCUT2D eigenvalue weighted by Crippen LogP contribution is -2.20. The summed E-state index contributed by atoms with van der Waals surface area (Å²) < 4.78 is 28.4. The molecule has 0 aliphatic carbocycles. The molecule has 0 spiro atoms. The molecule has 4 nitrogen and oxygen atoms in total. The molecule has 1 atom stereocenters. The molecule has 112 valence electrons. The normalized spacial score (nSPS) is 12.4. The third-order valence-corrected chi connectivity index (χ3v) is 3.09. The zero-order valence-corrected chi connectivity index (χ0v) is 11.9. The van der Waals surface area contributed by atoms with Crippen LogP contribution in [0.4, 0.5) is 8.78 Å². The molecule has 21 heavy (non-hydrogen) atoms. The van der Waals surface area contributed by atoms with Crippen LogP contribution in [0.2, 0.25) is 0 Å². The van der Waals surface area contributed by atoms with E-state index in [1.165, 1.54) is 12.1 Å². The van der Waals surface area contributed by atoms with Crippen molar-refractivity contribution in [3.05, 3.63) is 53.6 Å². The monoisotopic (exact) mass is 293 g/mol. The Morgan fingerprint density at radius 2 is 1.81 bits per heavy atom. The fourth-order valence-electron chi connectivity index (χ4n) is 2.00. The first kappa shape index (κ1) is 15.3. The zero-order chi connectivity index (χ0) is 15.2. The molecule has 0 saturated heterocycles. The molecule has 0 aliphatic rings. The molecule has 0 radical (unpaired) electrons. The van der Waals surface area contributed by atoms with Crippen molar-refractivity contribution in [3.63, 3.8) is 0 Å². The Hall–Kier alpha value is -2.08. The lowest BCUT2D eigenvalue weighted by atomic mass is 10.1. The molecular formula is C15H17F2N3O. The van der Waals surface area contributed by atoms with Gasteiger partial charge in [0.1, 0.15) is 5.75 Å². The number of hydrogen-bond acceptors (Lipinski definition) is 4. The standard InChI is InChI=1S/C15H17F2N3O/c1-10-14(19-8-7-18-10)11(2)20-9-12-3-5-13(6-4-12)21-15(16)17/h3-8,11,15,20H,9H2,1-2H3. The molecule has 0 amide bonds. The lowest BCUT2D eigenvalue weighted by molar-refractivity contribution is -0.0498. The molecule has 2 aromatic rings. The summed E-state index contributed by atoms with van der Waals surface area (Å²) in [6.07, 6.45) is 3.32. The van der Waals surface area contributed by atoms with Crippen molar-refractivity contribution >= 4 is 0 Å². The van der Waals surface area contributed by atoms with Crippen LogP contribution in [0.15, 0.2) is 36.7 Å². The molecule has 1 aromatic carbocycles. The number of ether oxygens (including phenoxy) is 1. The van der Waals surface area contributed by atoms with Gasteiger partial charge in [-0.2, -0.15) is 8.78 Å². The first-order valence-corrected chi connectivity index (χ1v) is 6.61. The summed E-state index contributed by atoms with van der Waals surface area (Å²) in [6.45, 7) is 1.72. The largest absolute Gasteiger partial charge is 0.435 e. The van der Waals surface area contributed by atoms with Gasteiger partial charge >= 0.3 is 6.61 Å². The van der Waals surface area contributed by atoms with Gasteiger partial charge in [0, 0.05) is 25.0 Å². The van der Waals surface area contributed by atoms with E-state index in [2.05, 4.69) is 20.0 Å². The number of alkyl halides is 2. The highest BCUT2D eigenvalue weighted by Gasteiger charge is 2.10. The van der Waals surface area contributed by atoms with Crippen molar-refractivity contribution in [2.75, 3.05) is 0 Å². The van der Waals surface area contributed by atoms with Crippen LogP contribution in [0.1, 0.15) is 29.9 Å². The van der Waals surface area contributed by atoms with Crippen molar-refractivity contribution in [1.29, 1.82) is 0 Å². The van der Waals surface area contributed by atoms with Gasteiger partial charge in [-0.15, -0.1) is 0 Å². The first-order chi connectivity index (χ1) is 10.1. The van der Waals surface area contributed by atoms with E-state index in [1.807, 2.05) is 13.8 Å². The summed E-state index contributed by atoms with van der Waals surface area (Å²) in [5.41, 5.74) is 2.76. The fourth-order valence-corrected chi connectivity index (χ4v) is 2.00. The van der Waals surface area contributed by atoms with E-state index in [0.29, 0.717) is 6.54 Å². The highest BCUT2D eigenvalue weighted by Crippen LogP contribution is 2.16. The SMILES string of the molecule is Cc1nccnc1C(C)NCc1ccc(OC(F)F)cc1. The van der Waals surface area contributed by atoms with Gasteiger partial charge in [0.2, 0.25) is 0 Å². The number of aromatic nitrogens is 2. The lowest BCUT2D eigenvalue weighted by Gasteiger charge is -2.15. The second-order valence-corrected chi connectivity index (χ2v) is 4.65. The van der Waals surface area contributed by atoms with Gasteiger partial charge in [-0.1, -0.05) is 12.1 Å². The Morgan fingerprint density at radius 1 is 1.14 bits per heavy atom. The maximum Gasteiger partial charge on any atom is 0.387 e. The van der Waals surface area contributed by atoms with Gasteiger partial charge in [0.15, 0.2) is 0 Å². The van der Waals surface area contributed by atoms with Gasteiger partial charge in [-0.05, 0) is 31.5 Å². The van der Waals surface area contributed by atoms with E-state index < -0.39 is 6.61 Å². The first-order valence-electron chi connectivity index (χ1n) is 6.61. The molecule has 6 heteroatoms. The number of aryl methyl sites for hydroxylation is 1. The van der Waals surface area contributed by atoms with E-state index in [0.717, 1.165) is 17.0 Å². The Labute approximate surface area is 122 Å². The smallest absolute Gasteiger partial charge is 0.387 e.